The van der Waals surface area contributed by atoms with E-state index >= 15 is 0 Å². The maximum atomic E-state index is 4.70. The van der Waals surface area contributed by atoms with Crippen LogP contribution in [0.25, 0.3) is 0 Å². The van der Waals surface area contributed by atoms with Crippen molar-refractivity contribution in [3.05, 3.63) is 53.2 Å². The van der Waals surface area contributed by atoms with E-state index in [0.29, 0.717) is 0 Å². The molecule has 2 aromatic rings. The minimum Gasteiger partial charge on any atom is -0.326 e. The molecule has 3 heteroatoms. The van der Waals surface area contributed by atoms with Gasteiger partial charge in [-0.1, -0.05) is 18.2 Å². The normalized spacial score (nSPS) is 10.6. The first-order valence-electron chi connectivity index (χ1n) is 7.11. The van der Waals surface area contributed by atoms with Gasteiger partial charge in [-0.15, -0.1) is 0 Å². The zero-order valence-electron chi connectivity index (χ0n) is 12.8. The largest absolute Gasteiger partial charge is 0.326 e. The lowest BCUT2D eigenvalue weighted by molar-refractivity contribution is 0.812. The van der Waals surface area contributed by atoms with E-state index in [9.17, 15) is 0 Å². The minimum absolute atomic E-state index is 0.863. The zero-order chi connectivity index (χ0) is 14.5. The second-order valence-corrected chi connectivity index (χ2v) is 5.04. The van der Waals surface area contributed by atoms with Gasteiger partial charge in [-0.25, -0.2) is 4.98 Å². The van der Waals surface area contributed by atoms with Crippen LogP contribution in [0.1, 0.15) is 23.7 Å². The molecule has 0 radical (unpaired) electrons. The van der Waals surface area contributed by atoms with Gasteiger partial charge in [0.15, 0.2) is 0 Å². The Labute approximate surface area is 121 Å². The van der Waals surface area contributed by atoms with Crippen molar-refractivity contribution in [2.45, 2.75) is 27.3 Å². The van der Waals surface area contributed by atoms with Crippen LogP contribution < -0.4 is 10.2 Å². The van der Waals surface area contributed by atoms with Gasteiger partial charge in [-0.05, 0) is 57.1 Å². The molecule has 3 nitrogen and oxygen atoms in total. The molecule has 0 bridgehead atoms. The van der Waals surface area contributed by atoms with E-state index in [-0.39, 0.29) is 0 Å². The third kappa shape index (κ3) is 3.17. The molecule has 0 saturated carbocycles. The van der Waals surface area contributed by atoms with Gasteiger partial charge in [0.05, 0.1) is 0 Å². The number of anilines is 2. The molecular weight excluding hydrogens is 246 g/mol. The molecule has 106 valence electrons. The van der Waals surface area contributed by atoms with E-state index in [1.807, 2.05) is 14.0 Å². The Kier molecular flexibility index (Phi) is 4.74. The van der Waals surface area contributed by atoms with Crippen molar-refractivity contribution in [3.8, 4) is 0 Å². The number of benzene rings is 1. The van der Waals surface area contributed by atoms with Crippen LogP contribution in [0.4, 0.5) is 11.5 Å². The number of aryl methyl sites for hydroxylation is 2. The van der Waals surface area contributed by atoms with Crippen molar-refractivity contribution in [2.75, 3.05) is 18.5 Å². The number of nitrogens with one attached hydrogen (secondary N) is 1. The first kappa shape index (κ1) is 14.5. The first-order valence-corrected chi connectivity index (χ1v) is 7.11. The van der Waals surface area contributed by atoms with Crippen molar-refractivity contribution in [3.63, 3.8) is 0 Å². The van der Waals surface area contributed by atoms with E-state index in [4.69, 9.17) is 4.98 Å². The SMILES string of the molecule is CCN(c1cc(CNC)cc(C)n1)c1ccccc1C. The highest BCUT2D eigenvalue weighted by atomic mass is 15.2. The van der Waals surface area contributed by atoms with Gasteiger partial charge in [0.1, 0.15) is 5.82 Å². The Bertz CT molecular complexity index is 578. The summed E-state index contributed by atoms with van der Waals surface area (Å²) in [5, 5.41) is 3.20. The molecule has 0 aliphatic carbocycles. The van der Waals surface area contributed by atoms with Crippen LogP contribution in [0.15, 0.2) is 36.4 Å². The first-order chi connectivity index (χ1) is 9.65. The van der Waals surface area contributed by atoms with Crippen LogP contribution in [-0.4, -0.2) is 18.6 Å². The molecule has 0 atom stereocenters. The van der Waals surface area contributed by atoms with E-state index < -0.39 is 0 Å². The van der Waals surface area contributed by atoms with Crippen molar-refractivity contribution >= 4 is 11.5 Å². The summed E-state index contributed by atoms with van der Waals surface area (Å²) < 4.78 is 0. The number of nitrogens with zero attached hydrogens (tertiary/aromatic N) is 2. The fourth-order valence-corrected chi connectivity index (χ4v) is 2.49. The van der Waals surface area contributed by atoms with Gasteiger partial charge in [-0.3, -0.25) is 0 Å². The van der Waals surface area contributed by atoms with Crippen LogP contribution in [0.2, 0.25) is 0 Å². The van der Waals surface area contributed by atoms with E-state index in [0.717, 1.165) is 24.6 Å². The summed E-state index contributed by atoms with van der Waals surface area (Å²) in [5.74, 6) is 1.02. The summed E-state index contributed by atoms with van der Waals surface area (Å²) in [6.45, 7) is 8.12. The molecular formula is C17H23N3. The molecule has 0 amide bonds. The Balaban J connectivity index is 2.44. The van der Waals surface area contributed by atoms with Crippen molar-refractivity contribution in [1.29, 1.82) is 0 Å². The molecule has 1 N–H and O–H groups in total. The highest BCUT2D eigenvalue weighted by Gasteiger charge is 2.12. The summed E-state index contributed by atoms with van der Waals surface area (Å²) in [7, 11) is 1.97. The molecule has 1 aromatic carbocycles. The van der Waals surface area contributed by atoms with Gasteiger partial charge in [-0.2, -0.15) is 0 Å². The fraction of sp³-hybridized carbons (Fsp3) is 0.353. The molecule has 0 saturated heterocycles. The number of hydrogen-bond acceptors (Lipinski definition) is 3. The van der Waals surface area contributed by atoms with Crippen molar-refractivity contribution < 1.29 is 0 Å². The van der Waals surface area contributed by atoms with Gasteiger partial charge in [0, 0.05) is 24.5 Å². The summed E-state index contributed by atoms with van der Waals surface area (Å²) in [4.78, 5) is 6.97. The molecule has 0 fully saturated rings. The Hall–Kier alpha value is -1.87. The van der Waals surface area contributed by atoms with Crippen LogP contribution in [0.3, 0.4) is 0 Å². The van der Waals surface area contributed by atoms with Crippen LogP contribution >= 0.6 is 0 Å². The van der Waals surface area contributed by atoms with Gasteiger partial charge in [0.25, 0.3) is 0 Å². The van der Waals surface area contributed by atoms with E-state index in [1.165, 1.54) is 16.8 Å². The van der Waals surface area contributed by atoms with Gasteiger partial charge in [0.2, 0.25) is 0 Å². The molecule has 1 aromatic heterocycles. The zero-order valence-corrected chi connectivity index (χ0v) is 12.8. The lowest BCUT2D eigenvalue weighted by Gasteiger charge is -2.25. The monoisotopic (exact) mass is 269 g/mol. The van der Waals surface area contributed by atoms with Crippen LogP contribution in [0, 0.1) is 13.8 Å². The summed E-state index contributed by atoms with van der Waals surface area (Å²) >= 11 is 0. The van der Waals surface area contributed by atoms with E-state index in [2.05, 4.69) is 60.5 Å². The predicted molar refractivity (Wildman–Crippen MR) is 85.6 cm³/mol. The number of hydrogen-bond donors (Lipinski definition) is 1. The third-order valence-electron chi connectivity index (χ3n) is 3.38. The number of para-hydroxylation sites is 1. The Morgan fingerprint density at radius 1 is 1.15 bits per heavy atom. The average molecular weight is 269 g/mol. The molecule has 0 aliphatic heterocycles. The molecule has 1 heterocycles. The Morgan fingerprint density at radius 2 is 1.90 bits per heavy atom. The lowest BCUT2D eigenvalue weighted by atomic mass is 10.1. The minimum atomic E-state index is 0.863. The topological polar surface area (TPSA) is 28.2 Å². The summed E-state index contributed by atoms with van der Waals surface area (Å²) in [5.41, 5.74) is 4.82. The number of rotatable bonds is 5. The molecule has 0 unspecified atom stereocenters. The summed E-state index contributed by atoms with van der Waals surface area (Å²) in [6, 6.07) is 12.7. The molecule has 20 heavy (non-hydrogen) atoms. The van der Waals surface area contributed by atoms with Crippen LogP contribution in [0.5, 0.6) is 0 Å². The third-order valence-corrected chi connectivity index (χ3v) is 3.38. The summed E-state index contributed by atoms with van der Waals surface area (Å²) in [6.07, 6.45) is 0. The highest BCUT2D eigenvalue weighted by molar-refractivity contribution is 5.64. The lowest BCUT2D eigenvalue weighted by Crippen LogP contribution is -2.19. The predicted octanol–water partition coefficient (Wildman–Crippen LogP) is 3.58. The second-order valence-electron chi connectivity index (χ2n) is 5.04. The fourth-order valence-electron chi connectivity index (χ4n) is 2.49. The van der Waals surface area contributed by atoms with Gasteiger partial charge >= 0.3 is 0 Å². The number of aromatic nitrogens is 1. The smallest absolute Gasteiger partial charge is 0.133 e. The van der Waals surface area contributed by atoms with Gasteiger partial charge < -0.3 is 10.2 Å². The van der Waals surface area contributed by atoms with Crippen LogP contribution in [-0.2, 0) is 6.54 Å². The number of pyridine rings is 1. The molecule has 0 spiro atoms. The quantitative estimate of drug-likeness (QED) is 0.899. The highest BCUT2D eigenvalue weighted by Crippen LogP contribution is 2.27. The molecule has 0 aliphatic rings. The molecule has 2 rings (SSSR count). The maximum absolute atomic E-state index is 4.70. The second kappa shape index (κ2) is 6.53. The Morgan fingerprint density at radius 3 is 2.55 bits per heavy atom. The standard InChI is InChI=1S/C17H23N3/c1-5-20(16-9-7-6-8-13(16)2)17-11-15(12-18-4)10-14(3)19-17/h6-11,18H,5,12H2,1-4H3. The van der Waals surface area contributed by atoms with Crippen molar-refractivity contribution in [1.82, 2.24) is 10.3 Å². The van der Waals surface area contributed by atoms with Crippen molar-refractivity contribution in [2.24, 2.45) is 0 Å². The average Bonchev–Trinajstić information content (AvgIpc) is 2.41. The maximum Gasteiger partial charge on any atom is 0.133 e. The van der Waals surface area contributed by atoms with E-state index in [1.54, 1.807) is 0 Å².